The average molecular weight is 303 g/mol. The molecule has 1 nitrogen and oxygen atoms in total. The highest BCUT2D eigenvalue weighted by Crippen LogP contribution is 2.38. The minimum absolute atomic E-state index is 0.0738. The Hall–Kier alpha value is -1.03. The van der Waals surface area contributed by atoms with Crippen LogP contribution in [0.3, 0.4) is 0 Å². The van der Waals surface area contributed by atoms with Crippen LogP contribution in [-0.4, -0.2) is 8.32 Å². The van der Waals surface area contributed by atoms with E-state index in [9.17, 15) is 0 Å². The van der Waals surface area contributed by atoms with Crippen LogP contribution in [0.25, 0.3) is 0 Å². The standard InChI is InChI=1S/C17H22OSSi/c1-14-10-12-15(13-11-14)17(18-20(2,3)4)19-16-8-6-5-7-9-16/h5-13,17H,1-4H3. The van der Waals surface area contributed by atoms with Crippen LogP contribution in [0.1, 0.15) is 16.6 Å². The molecule has 0 aromatic heterocycles. The first-order chi connectivity index (χ1) is 9.44. The first-order valence-electron chi connectivity index (χ1n) is 6.90. The second-order valence-corrected chi connectivity index (χ2v) is 11.5. The van der Waals surface area contributed by atoms with E-state index in [0.29, 0.717) is 0 Å². The molecule has 20 heavy (non-hydrogen) atoms. The molecule has 0 aliphatic carbocycles. The Balaban J connectivity index is 2.22. The van der Waals surface area contributed by atoms with E-state index in [1.54, 1.807) is 11.8 Å². The molecule has 106 valence electrons. The van der Waals surface area contributed by atoms with Gasteiger partial charge in [-0.05, 0) is 44.3 Å². The van der Waals surface area contributed by atoms with E-state index < -0.39 is 8.32 Å². The summed E-state index contributed by atoms with van der Waals surface area (Å²) < 4.78 is 6.37. The van der Waals surface area contributed by atoms with Crippen molar-refractivity contribution < 1.29 is 4.43 Å². The Bertz CT molecular complexity index is 531. The molecule has 0 aliphatic rings. The van der Waals surface area contributed by atoms with Crippen LogP contribution in [0.4, 0.5) is 0 Å². The zero-order valence-electron chi connectivity index (χ0n) is 12.6. The second-order valence-electron chi connectivity index (χ2n) is 5.90. The van der Waals surface area contributed by atoms with E-state index in [4.69, 9.17) is 4.43 Å². The van der Waals surface area contributed by atoms with Crippen molar-refractivity contribution in [1.82, 2.24) is 0 Å². The summed E-state index contributed by atoms with van der Waals surface area (Å²) in [6.45, 7) is 8.82. The monoisotopic (exact) mass is 302 g/mol. The van der Waals surface area contributed by atoms with Crippen molar-refractivity contribution in [1.29, 1.82) is 0 Å². The third-order valence-electron chi connectivity index (χ3n) is 2.80. The number of hydrogen-bond acceptors (Lipinski definition) is 2. The highest BCUT2D eigenvalue weighted by Gasteiger charge is 2.23. The lowest BCUT2D eigenvalue weighted by molar-refractivity contribution is 0.288. The van der Waals surface area contributed by atoms with Crippen LogP contribution < -0.4 is 0 Å². The van der Waals surface area contributed by atoms with E-state index in [0.717, 1.165) is 0 Å². The van der Waals surface area contributed by atoms with E-state index in [1.165, 1.54) is 16.0 Å². The molecule has 2 aromatic carbocycles. The maximum atomic E-state index is 6.37. The Kier molecular flexibility index (Phi) is 5.08. The molecule has 3 heteroatoms. The van der Waals surface area contributed by atoms with Crippen LogP contribution in [0.2, 0.25) is 19.6 Å². The third kappa shape index (κ3) is 4.82. The smallest absolute Gasteiger partial charge is 0.185 e. The first-order valence-corrected chi connectivity index (χ1v) is 11.2. The SMILES string of the molecule is Cc1ccc(C(O[Si](C)(C)C)Sc2ccccc2)cc1. The van der Waals surface area contributed by atoms with Gasteiger partial charge < -0.3 is 4.43 Å². The minimum atomic E-state index is -1.59. The van der Waals surface area contributed by atoms with Crippen LogP contribution >= 0.6 is 11.8 Å². The van der Waals surface area contributed by atoms with E-state index in [2.05, 4.69) is 75.1 Å². The Morgan fingerprint density at radius 1 is 0.900 bits per heavy atom. The fourth-order valence-corrected chi connectivity index (χ4v) is 4.52. The van der Waals surface area contributed by atoms with Gasteiger partial charge in [0.1, 0.15) is 5.44 Å². The summed E-state index contributed by atoms with van der Waals surface area (Å²) in [6, 6.07) is 19.1. The van der Waals surface area contributed by atoms with Crippen LogP contribution in [0.5, 0.6) is 0 Å². The number of aryl methyl sites for hydroxylation is 1. The molecule has 2 aromatic rings. The van der Waals surface area contributed by atoms with Crippen molar-refractivity contribution in [3.63, 3.8) is 0 Å². The van der Waals surface area contributed by atoms with Crippen LogP contribution in [0.15, 0.2) is 59.5 Å². The molecule has 0 heterocycles. The molecule has 2 rings (SSSR count). The molecule has 0 bridgehead atoms. The molecule has 0 spiro atoms. The van der Waals surface area contributed by atoms with Gasteiger partial charge in [0.15, 0.2) is 8.32 Å². The van der Waals surface area contributed by atoms with Gasteiger partial charge in [-0.1, -0.05) is 59.8 Å². The van der Waals surface area contributed by atoms with Crippen LogP contribution in [0, 0.1) is 6.92 Å². The minimum Gasteiger partial charge on any atom is -0.402 e. The van der Waals surface area contributed by atoms with Crippen molar-refractivity contribution in [2.45, 2.75) is 36.9 Å². The van der Waals surface area contributed by atoms with Gasteiger partial charge in [-0.25, -0.2) is 0 Å². The van der Waals surface area contributed by atoms with Gasteiger partial charge in [0.2, 0.25) is 0 Å². The lowest BCUT2D eigenvalue weighted by atomic mass is 10.2. The zero-order valence-corrected chi connectivity index (χ0v) is 14.4. The van der Waals surface area contributed by atoms with Gasteiger partial charge in [-0.3, -0.25) is 0 Å². The van der Waals surface area contributed by atoms with Gasteiger partial charge in [0, 0.05) is 4.90 Å². The van der Waals surface area contributed by atoms with Crippen molar-refractivity contribution in [3.8, 4) is 0 Å². The number of hydrogen-bond donors (Lipinski definition) is 0. The Labute approximate surface area is 127 Å². The van der Waals surface area contributed by atoms with Crippen molar-refractivity contribution in [2.24, 2.45) is 0 Å². The molecule has 0 N–H and O–H groups in total. The van der Waals surface area contributed by atoms with E-state index >= 15 is 0 Å². The van der Waals surface area contributed by atoms with Gasteiger partial charge in [0.25, 0.3) is 0 Å². The zero-order chi connectivity index (χ0) is 14.6. The second kappa shape index (κ2) is 6.61. The molecule has 0 saturated carbocycles. The lowest BCUT2D eigenvalue weighted by Crippen LogP contribution is -2.26. The number of benzene rings is 2. The van der Waals surface area contributed by atoms with Gasteiger partial charge >= 0.3 is 0 Å². The highest BCUT2D eigenvalue weighted by atomic mass is 32.2. The van der Waals surface area contributed by atoms with Gasteiger partial charge in [-0.2, -0.15) is 0 Å². The summed E-state index contributed by atoms with van der Waals surface area (Å²) in [5.74, 6) is 0. The summed E-state index contributed by atoms with van der Waals surface area (Å²) in [5.41, 5.74) is 2.60. The maximum Gasteiger partial charge on any atom is 0.185 e. The van der Waals surface area contributed by atoms with Gasteiger partial charge in [0.05, 0.1) is 0 Å². The third-order valence-corrected chi connectivity index (χ3v) is 5.04. The summed E-state index contributed by atoms with van der Waals surface area (Å²) in [5, 5.41) is 0. The molecule has 1 unspecified atom stereocenters. The van der Waals surface area contributed by atoms with E-state index in [-0.39, 0.29) is 5.44 Å². The summed E-state index contributed by atoms with van der Waals surface area (Å²) in [6.07, 6.45) is 0. The van der Waals surface area contributed by atoms with Crippen molar-refractivity contribution in [3.05, 3.63) is 65.7 Å². The average Bonchev–Trinajstić information content (AvgIpc) is 2.38. The van der Waals surface area contributed by atoms with Crippen LogP contribution in [-0.2, 0) is 4.43 Å². The summed E-state index contributed by atoms with van der Waals surface area (Å²) in [4.78, 5) is 1.25. The summed E-state index contributed by atoms with van der Waals surface area (Å²) >= 11 is 1.79. The molecular weight excluding hydrogens is 280 g/mol. The maximum absolute atomic E-state index is 6.37. The molecule has 0 amide bonds. The lowest BCUT2D eigenvalue weighted by Gasteiger charge is -2.26. The Morgan fingerprint density at radius 2 is 1.50 bits per heavy atom. The number of thioether (sulfide) groups is 1. The largest absolute Gasteiger partial charge is 0.402 e. The fourth-order valence-electron chi connectivity index (χ4n) is 1.83. The normalized spacial score (nSPS) is 13.2. The van der Waals surface area contributed by atoms with Crippen molar-refractivity contribution >= 4 is 20.1 Å². The van der Waals surface area contributed by atoms with E-state index in [1.807, 2.05) is 6.07 Å². The highest BCUT2D eigenvalue weighted by molar-refractivity contribution is 7.99. The van der Waals surface area contributed by atoms with Gasteiger partial charge in [-0.15, -0.1) is 0 Å². The quantitative estimate of drug-likeness (QED) is 0.402. The first kappa shape index (κ1) is 15.4. The molecule has 0 fully saturated rings. The molecule has 0 aliphatic heterocycles. The van der Waals surface area contributed by atoms with Crippen molar-refractivity contribution in [2.75, 3.05) is 0 Å². The topological polar surface area (TPSA) is 9.23 Å². The molecular formula is C17H22OSSi. The number of rotatable bonds is 5. The molecule has 1 atom stereocenters. The molecule has 0 saturated heterocycles. The summed E-state index contributed by atoms with van der Waals surface area (Å²) in [7, 11) is -1.59. The predicted molar refractivity (Wildman–Crippen MR) is 90.7 cm³/mol. The fraction of sp³-hybridized carbons (Fsp3) is 0.294. The Morgan fingerprint density at radius 3 is 2.05 bits per heavy atom. The predicted octanol–water partition coefficient (Wildman–Crippen LogP) is 5.64. The molecule has 0 radical (unpaired) electrons.